The van der Waals surface area contributed by atoms with Gasteiger partial charge in [-0.25, -0.2) is 0 Å². The van der Waals surface area contributed by atoms with E-state index in [4.69, 9.17) is 0 Å². The number of hydrogen-bond donors (Lipinski definition) is 0. The van der Waals surface area contributed by atoms with Gasteiger partial charge in [0.05, 0.1) is 33.1 Å². The Morgan fingerprint density at radius 3 is 0.952 bits per heavy atom. The monoisotopic (exact) mass is 796 g/mol. The number of para-hydroxylation sites is 5. The number of nitrogens with zero attached hydrogens (tertiary/aromatic N) is 4. The van der Waals surface area contributed by atoms with Crippen molar-refractivity contribution in [3.05, 3.63) is 218 Å². The van der Waals surface area contributed by atoms with Crippen LogP contribution in [0.1, 0.15) is 31.7 Å². The highest BCUT2D eigenvalue weighted by atomic mass is 15.1. The summed E-state index contributed by atoms with van der Waals surface area (Å²) < 4.78 is 7.18. The Kier molecular flexibility index (Phi) is 8.39. The van der Waals surface area contributed by atoms with Crippen molar-refractivity contribution in [1.82, 2.24) is 13.7 Å². The predicted octanol–water partition coefficient (Wildman–Crippen LogP) is 16.0. The Hall–Kier alpha value is -7.82. The summed E-state index contributed by atoms with van der Waals surface area (Å²) in [6, 6.07) is 77.8. The minimum absolute atomic E-state index is 0.513. The van der Waals surface area contributed by atoms with Crippen LogP contribution in [0.15, 0.2) is 212 Å². The zero-order valence-electron chi connectivity index (χ0n) is 34.8. The fourth-order valence-corrected chi connectivity index (χ4v) is 9.91. The molecule has 4 heteroatoms. The van der Waals surface area contributed by atoms with Crippen molar-refractivity contribution < 1.29 is 0 Å². The molecular formula is C58H44N4. The SMILES string of the molecule is CCC(C)c1ccc2c(c1)c1ccccc1n2-c1ccc(N(c2ccc(-n3c4ccccc4c4ccccc43)cc2)c2ccc(-n3c4ccccc4c4ccccc43)cc2)cc1. The molecule has 1 unspecified atom stereocenters. The van der Waals surface area contributed by atoms with Crippen LogP contribution >= 0.6 is 0 Å². The normalized spacial score (nSPS) is 12.4. The van der Waals surface area contributed by atoms with Crippen molar-refractivity contribution in [2.45, 2.75) is 26.2 Å². The smallest absolute Gasteiger partial charge is 0.0541 e. The Balaban J connectivity index is 0.988. The second kappa shape index (κ2) is 14.4. The first kappa shape index (κ1) is 36.1. The molecule has 62 heavy (non-hydrogen) atoms. The molecule has 0 N–H and O–H groups in total. The van der Waals surface area contributed by atoms with E-state index in [9.17, 15) is 0 Å². The summed E-state index contributed by atoms with van der Waals surface area (Å²) in [4.78, 5) is 2.37. The van der Waals surface area contributed by atoms with Gasteiger partial charge in [0.2, 0.25) is 0 Å². The molecule has 0 amide bonds. The molecule has 0 bridgehead atoms. The first-order valence-electron chi connectivity index (χ1n) is 21.8. The minimum Gasteiger partial charge on any atom is -0.310 e. The molecule has 0 fully saturated rings. The van der Waals surface area contributed by atoms with E-state index in [0.29, 0.717) is 5.92 Å². The quantitative estimate of drug-likeness (QED) is 0.150. The summed E-state index contributed by atoms with van der Waals surface area (Å²) >= 11 is 0. The van der Waals surface area contributed by atoms with E-state index in [1.54, 1.807) is 0 Å². The third-order valence-electron chi connectivity index (χ3n) is 13.1. The molecule has 9 aromatic carbocycles. The van der Waals surface area contributed by atoms with E-state index in [1.807, 2.05) is 0 Å². The minimum atomic E-state index is 0.513. The molecule has 0 saturated heterocycles. The maximum atomic E-state index is 2.42. The van der Waals surface area contributed by atoms with Crippen molar-refractivity contribution in [3.63, 3.8) is 0 Å². The molecule has 296 valence electrons. The topological polar surface area (TPSA) is 18.0 Å². The molecule has 0 aliphatic heterocycles. The highest BCUT2D eigenvalue weighted by molar-refractivity contribution is 6.11. The number of fused-ring (bicyclic) bond motifs is 9. The van der Waals surface area contributed by atoms with Crippen LogP contribution in [-0.2, 0) is 0 Å². The number of rotatable bonds is 8. The lowest BCUT2D eigenvalue weighted by atomic mass is 9.97. The van der Waals surface area contributed by atoms with Gasteiger partial charge in [-0.15, -0.1) is 0 Å². The summed E-state index contributed by atoms with van der Waals surface area (Å²) in [5, 5.41) is 7.63. The molecule has 1 atom stereocenters. The van der Waals surface area contributed by atoms with Gasteiger partial charge in [-0.1, -0.05) is 111 Å². The molecule has 12 aromatic rings. The van der Waals surface area contributed by atoms with Gasteiger partial charge in [0, 0.05) is 66.4 Å². The molecule has 0 aliphatic carbocycles. The average molecular weight is 797 g/mol. The van der Waals surface area contributed by atoms with Crippen molar-refractivity contribution >= 4 is 82.5 Å². The van der Waals surface area contributed by atoms with E-state index >= 15 is 0 Å². The van der Waals surface area contributed by atoms with Crippen LogP contribution in [0.4, 0.5) is 17.1 Å². The maximum absolute atomic E-state index is 2.42. The fraction of sp³-hybridized carbons (Fsp3) is 0.0690. The van der Waals surface area contributed by atoms with Crippen LogP contribution in [0.2, 0.25) is 0 Å². The van der Waals surface area contributed by atoms with Gasteiger partial charge in [-0.05, 0) is 133 Å². The molecule has 12 rings (SSSR count). The van der Waals surface area contributed by atoms with Gasteiger partial charge in [0.15, 0.2) is 0 Å². The van der Waals surface area contributed by atoms with E-state index < -0.39 is 0 Å². The number of aromatic nitrogens is 3. The van der Waals surface area contributed by atoms with E-state index in [2.05, 4.69) is 245 Å². The van der Waals surface area contributed by atoms with Crippen LogP contribution in [0.5, 0.6) is 0 Å². The first-order valence-corrected chi connectivity index (χ1v) is 21.8. The first-order chi connectivity index (χ1) is 30.6. The fourth-order valence-electron chi connectivity index (χ4n) is 9.91. The Bertz CT molecular complexity index is 3360. The molecule has 0 radical (unpaired) electrons. The molecule has 0 saturated carbocycles. The van der Waals surface area contributed by atoms with Gasteiger partial charge in [0.1, 0.15) is 0 Å². The lowest BCUT2D eigenvalue weighted by Crippen LogP contribution is -2.10. The van der Waals surface area contributed by atoms with Gasteiger partial charge in [-0.3, -0.25) is 0 Å². The lowest BCUT2D eigenvalue weighted by Gasteiger charge is -2.26. The Labute approximate surface area is 360 Å². The molecule has 3 heterocycles. The van der Waals surface area contributed by atoms with Crippen LogP contribution in [0, 0.1) is 0 Å². The van der Waals surface area contributed by atoms with Crippen molar-refractivity contribution in [2.75, 3.05) is 4.90 Å². The van der Waals surface area contributed by atoms with Crippen LogP contribution in [0.3, 0.4) is 0 Å². The van der Waals surface area contributed by atoms with Crippen molar-refractivity contribution in [3.8, 4) is 17.1 Å². The Morgan fingerprint density at radius 2 is 0.629 bits per heavy atom. The summed E-state index contributed by atoms with van der Waals surface area (Å²) in [7, 11) is 0. The van der Waals surface area contributed by atoms with Gasteiger partial charge in [-0.2, -0.15) is 0 Å². The standard InChI is InChI=1S/C58H44N4/c1-3-39(2)40-24-37-58-52(38-40)51-18-8-13-23-57(51)62(58)46-35-29-43(30-36-46)59(41-25-31-44(32-26-41)60-53-19-9-4-14-47(53)48-15-5-10-20-54(48)60)42-27-33-45(34-28-42)61-55-21-11-6-16-49(55)50-17-7-12-22-56(50)61/h4-39H,3H2,1-2H3. The largest absolute Gasteiger partial charge is 0.310 e. The van der Waals surface area contributed by atoms with Gasteiger partial charge >= 0.3 is 0 Å². The van der Waals surface area contributed by atoms with Crippen LogP contribution in [-0.4, -0.2) is 13.7 Å². The highest BCUT2D eigenvalue weighted by Gasteiger charge is 2.19. The van der Waals surface area contributed by atoms with Crippen molar-refractivity contribution in [1.29, 1.82) is 0 Å². The number of hydrogen-bond acceptors (Lipinski definition) is 1. The third kappa shape index (κ3) is 5.60. The van der Waals surface area contributed by atoms with Crippen LogP contribution in [0.25, 0.3) is 82.5 Å². The molecule has 4 nitrogen and oxygen atoms in total. The third-order valence-corrected chi connectivity index (χ3v) is 13.1. The zero-order chi connectivity index (χ0) is 41.3. The Morgan fingerprint density at radius 1 is 0.339 bits per heavy atom. The van der Waals surface area contributed by atoms with Crippen LogP contribution < -0.4 is 4.90 Å². The molecule has 0 spiro atoms. The summed E-state index contributed by atoms with van der Waals surface area (Å²) in [6.45, 7) is 4.59. The zero-order valence-corrected chi connectivity index (χ0v) is 34.8. The molecule has 0 aliphatic rings. The maximum Gasteiger partial charge on any atom is 0.0541 e. The summed E-state index contributed by atoms with van der Waals surface area (Å²) in [5.41, 5.74) is 15.3. The van der Waals surface area contributed by atoms with Crippen molar-refractivity contribution in [2.24, 2.45) is 0 Å². The molecular weight excluding hydrogens is 753 g/mol. The number of anilines is 3. The van der Waals surface area contributed by atoms with E-state index in [-0.39, 0.29) is 0 Å². The second-order valence-corrected chi connectivity index (χ2v) is 16.6. The van der Waals surface area contributed by atoms with Gasteiger partial charge < -0.3 is 18.6 Å². The second-order valence-electron chi connectivity index (χ2n) is 16.6. The average Bonchev–Trinajstić information content (AvgIpc) is 3.98. The number of benzene rings is 9. The lowest BCUT2D eigenvalue weighted by molar-refractivity contribution is 0.735. The van der Waals surface area contributed by atoms with E-state index in [0.717, 1.165) is 40.5 Å². The highest BCUT2D eigenvalue weighted by Crippen LogP contribution is 2.40. The molecule has 3 aromatic heterocycles. The van der Waals surface area contributed by atoms with Gasteiger partial charge in [0.25, 0.3) is 0 Å². The summed E-state index contributed by atoms with van der Waals surface area (Å²) in [6.07, 6.45) is 1.12. The predicted molar refractivity (Wildman–Crippen MR) is 263 cm³/mol. The van der Waals surface area contributed by atoms with E-state index in [1.165, 1.54) is 71.0 Å². The summed E-state index contributed by atoms with van der Waals surface area (Å²) in [5.74, 6) is 0.513.